The first kappa shape index (κ1) is 10.7. The Bertz CT molecular complexity index is 623. The number of furan rings is 1. The number of carbonyl (C=O) groups is 1. The van der Waals surface area contributed by atoms with E-state index in [-0.39, 0.29) is 18.0 Å². The molecule has 2 atom stereocenters. The minimum Gasteiger partial charge on any atom is -0.459 e. The Labute approximate surface area is 110 Å². The van der Waals surface area contributed by atoms with Crippen molar-refractivity contribution in [3.63, 3.8) is 0 Å². The van der Waals surface area contributed by atoms with Gasteiger partial charge in [-0.2, -0.15) is 0 Å². The van der Waals surface area contributed by atoms with Crippen LogP contribution in [0.3, 0.4) is 0 Å². The molecule has 4 heterocycles. The molecule has 2 aliphatic rings. The molecule has 0 N–H and O–H groups in total. The van der Waals surface area contributed by atoms with Crippen LogP contribution in [0.1, 0.15) is 40.7 Å². The molecule has 0 saturated carbocycles. The zero-order chi connectivity index (χ0) is 12.8. The van der Waals surface area contributed by atoms with E-state index in [2.05, 4.69) is 9.97 Å². The van der Waals surface area contributed by atoms with Crippen molar-refractivity contribution in [3.8, 4) is 0 Å². The fraction of sp³-hybridized carbons (Fsp3) is 0.357. The van der Waals surface area contributed by atoms with E-state index in [1.54, 1.807) is 18.5 Å². The Balaban J connectivity index is 1.75. The monoisotopic (exact) mass is 255 g/mol. The van der Waals surface area contributed by atoms with Crippen molar-refractivity contribution >= 4 is 5.91 Å². The van der Waals surface area contributed by atoms with Gasteiger partial charge in [0.1, 0.15) is 6.33 Å². The second-order valence-corrected chi connectivity index (χ2v) is 5.07. The summed E-state index contributed by atoms with van der Waals surface area (Å²) in [7, 11) is 0. The van der Waals surface area contributed by atoms with Crippen LogP contribution in [-0.2, 0) is 6.42 Å². The molecule has 19 heavy (non-hydrogen) atoms. The number of hydrogen-bond acceptors (Lipinski definition) is 4. The van der Waals surface area contributed by atoms with E-state index >= 15 is 0 Å². The molecule has 2 aliphatic heterocycles. The van der Waals surface area contributed by atoms with Crippen LogP contribution in [0.25, 0.3) is 0 Å². The highest BCUT2D eigenvalue weighted by Gasteiger charge is 2.44. The van der Waals surface area contributed by atoms with Crippen LogP contribution in [-0.4, -0.2) is 26.8 Å². The van der Waals surface area contributed by atoms with Crippen LogP contribution in [0.15, 0.2) is 35.3 Å². The molecule has 0 spiro atoms. The molecule has 2 bridgehead atoms. The maximum atomic E-state index is 12.5. The van der Waals surface area contributed by atoms with Gasteiger partial charge in [0, 0.05) is 24.2 Å². The van der Waals surface area contributed by atoms with Gasteiger partial charge >= 0.3 is 0 Å². The van der Waals surface area contributed by atoms with E-state index in [1.165, 1.54) is 6.26 Å². The third kappa shape index (κ3) is 1.51. The average Bonchev–Trinajstić information content (AvgIpc) is 3.06. The quantitative estimate of drug-likeness (QED) is 0.781. The van der Waals surface area contributed by atoms with Crippen LogP contribution < -0.4 is 0 Å². The van der Waals surface area contributed by atoms with Crippen molar-refractivity contribution in [1.82, 2.24) is 14.9 Å². The van der Waals surface area contributed by atoms with E-state index in [9.17, 15) is 4.79 Å². The summed E-state index contributed by atoms with van der Waals surface area (Å²) in [6.07, 6.45) is 7.79. The molecule has 0 aromatic carbocycles. The van der Waals surface area contributed by atoms with Gasteiger partial charge in [-0.1, -0.05) is 0 Å². The normalized spacial score (nSPS) is 24.3. The maximum Gasteiger partial charge on any atom is 0.290 e. The minimum atomic E-state index is -0.0213. The Morgan fingerprint density at radius 2 is 2.37 bits per heavy atom. The van der Waals surface area contributed by atoms with Gasteiger partial charge in [0.2, 0.25) is 0 Å². The van der Waals surface area contributed by atoms with Gasteiger partial charge < -0.3 is 9.32 Å². The van der Waals surface area contributed by atoms with Crippen molar-refractivity contribution in [2.45, 2.75) is 31.3 Å². The lowest BCUT2D eigenvalue weighted by atomic mass is 9.99. The fourth-order valence-electron chi connectivity index (χ4n) is 3.26. The average molecular weight is 255 g/mol. The van der Waals surface area contributed by atoms with Gasteiger partial charge in [-0.05, 0) is 25.0 Å². The summed E-state index contributed by atoms with van der Waals surface area (Å²) in [5.74, 6) is 0.393. The number of rotatable bonds is 1. The van der Waals surface area contributed by atoms with Crippen molar-refractivity contribution in [1.29, 1.82) is 0 Å². The fourth-order valence-corrected chi connectivity index (χ4v) is 3.26. The van der Waals surface area contributed by atoms with Gasteiger partial charge in [-0.25, -0.2) is 9.97 Å². The van der Waals surface area contributed by atoms with Crippen molar-refractivity contribution in [2.24, 2.45) is 0 Å². The van der Waals surface area contributed by atoms with Crippen LogP contribution in [0, 0.1) is 0 Å². The summed E-state index contributed by atoms with van der Waals surface area (Å²) in [5.41, 5.74) is 2.18. The number of nitrogens with zero attached hydrogens (tertiary/aromatic N) is 3. The first-order valence-electron chi connectivity index (χ1n) is 6.49. The van der Waals surface area contributed by atoms with E-state index in [0.29, 0.717) is 5.76 Å². The highest BCUT2D eigenvalue weighted by molar-refractivity contribution is 5.92. The predicted molar refractivity (Wildman–Crippen MR) is 66.4 cm³/mol. The molecular weight excluding hydrogens is 242 g/mol. The summed E-state index contributed by atoms with van der Waals surface area (Å²) in [6.45, 7) is 0. The molecule has 0 aliphatic carbocycles. The largest absolute Gasteiger partial charge is 0.459 e. The number of hydrogen-bond donors (Lipinski definition) is 0. The standard InChI is InChI=1S/C14H13N3O2/c18-14(13-2-1-5-19-13)17-9-3-4-12(17)10-7-15-8-16-11(10)6-9/h1-2,5,7-9,12H,3-4,6H2/t9-,12-/m0/s1. The lowest BCUT2D eigenvalue weighted by molar-refractivity contribution is 0.0610. The summed E-state index contributed by atoms with van der Waals surface area (Å²) in [6, 6.07) is 3.81. The van der Waals surface area contributed by atoms with E-state index in [4.69, 9.17) is 4.42 Å². The Kier molecular flexibility index (Phi) is 2.21. The Hall–Kier alpha value is -2.17. The van der Waals surface area contributed by atoms with E-state index < -0.39 is 0 Å². The smallest absolute Gasteiger partial charge is 0.290 e. The van der Waals surface area contributed by atoms with Crippen molar-refractivity contribution in [2.75, 3.05) is 0 Å². The number of aromatic nitrogens is 2. The number of amides is 1. The third-order valence-corrected chi connectivity index (χ3v) is 4.08. The van der Waals surface area contributed by atoms with E-state index in [1.807, 2.05) is 11.1 Å². The summed E-state index contributed by atoms with van der Waals surface area (Å²) in [4.78, 5) is 22.9. The first-order valence-corrected chi connectivity index (χ1v) is 6.49. The van der Waals surface area contributed by atoms with Gasteiger partial charge in [0.25, 0.3) is 5.91 Å². The topological polar surface area (TPSA) is 59.2 Å². The molecule has 5 heteroatoms. The maximum absolute atomic E-state index is 12.5. The van der Waals surface area contributed by atoms with Crippen LogP contribution >= 0.6 is 0 Å². The molecule has 96 valence electrons. The molecule has 2 aromatic rings. The SMILES string of the molecule is O=C(c1ccco1)N1[C@H]2CC[C@H]1c1cncnc1C2. The molecular formula is C14H13N3O2. The van der Waals surface area contributed by atoms with Crippen LogP contribution in [0.5, 0.6) is 0 Å². The van der Waals surface area contributed by atoms with Crippen molar-refractivity contribution < 1.29 is 9.21 Å². The molecule has 5 nitrogen and oxygen atoms in total. The Morgan fingerprint density at radius 1 is 1.42 bits per heavy atom. The van der Waals surface area contributed by atoms with Gasteiger partial charge in [-0.15, -0.1) is 0 Å². The van der Waals surface area contributed by atoms with E-state index in [0.717, 1.165) is 30.5 Å². The van der Waals surface area contributed by atoms with Crippen LogP contribution in [0.4, 0.5) is 0 Å². The van der Waals surface area contributed by atoms with Crippen molar-refractivity contribution in [3.05, 3.63) is 47.9 Å². The highest BCUT2D eigenvalue weighted by atomic mass is 16.3. The first-order chi connectivity index (χ1) is 9.34. The minimum absolute atomic E-state index is 0.0213. The molecule has 1 amide bonds. The summed E-state index contributed by atoms with van der Waals surface area (Å²) in [5, 5.41) is 0. The lowest BCUT2D eigenvalue weighted by Crippen LogP contribution is -2.42. The predicted octanol–water partition coefficient (Wildman–Crippen LogP) is 1.97. The zero-order valence-electron chi connectivity index (χ0n) is 10.3. The summed E-state index contributed by atoms with van der Waals surface area (Å²) >= 11 is 0. The lowest BCUT2D eigenvalue weighted by Gasteiger charge is -2.34. The highest BCUT2D eigenvalue weighted by Crippen LogP contribution is 2.43. The number of carbonyl (C=O) groups excluding carboxylic acids is 1. The molecule has 2 aromatic heterocycles. The van der Waals surface area contributed by atoms with Gasteiger partial charge in [-0.3, -0.25) is 4.79 Å². The summed E-state index contributed by atoms with van der Waals surface area (Å²) < 4.78 is 5.24. The molecule has 4 rings (SSSR count). The molecule has 0 radical (unpaired) electrons. The van der Waals surface area contributed by atoms with Gasteiger partial charge in [0.05, 0.1) is 18.0 Å². The number of fused-ring (bicyclic) bond motifs is 4. The second-order valence-electron chi connectivity index (χ2n) is 5.07. The second kappa shape index (κ2) is 3.91. The van der Waals surface area contributed by atoms with Crippen LogP contribution in [0.2, 0.25) is 0 Å². The Morgan fingerprint density at radius 3 is 3.21 bits per heavy atom. The molecule has 1 fully saturated rings. The van der Waals surface area contributed by atoms with Gasteiger partial charge in [0.15, 0.2) is 5.76 Å². The third-order valence-electron chi connectivity index (χ3n) is 4.08. The molecule has 1 saturated heterocycles. The molecule has 0 unspecified atom stereocenters. The zero-order valence-corrected chi connectivity index (χ0v) is 10.3.